The van der Waals surface area contributed by atoms with E-state index >= 15 is 0 Å². The first-order valence-electron chi connectivity index (χ1n) is 3.23. The molecule has 0 heterocycles. The second kappa shape index (κ2) is 10.9. The summed E-state index contributed by atoms with van der Waals surface area (Å²) in [5, 5.41) is 3.23. The molecule has 0 aliphatic carbocycles. The van der Waals surface area contributed by atoms with E-state index in [1.54, 1.807) is 0 Å². The van der Waals surface area contributed by atoms with Crippen molar-refractivity contribution in [1.29, 1.82) is 0 Å². The third-order valence-corrected chi connectivity index (χ3v) is 0.973. The first-order valence-corrected chi connectivity index (χ1v) is 3.23. The molecule has 0 bridgehead atoms. The Morgan fingerprint density at radius 1 is 1.44 bits per heavy atom. The summed E-state index contributed by atoms with van der Waals surface area (Å²) in [5.41, 5.74) is 0. The van der Waals surface area contributed by atoms with Crippen LogP contribution in [0, 0.1) is 0 Å². The predicted molar refractivity (Wildman–Crippen MR) is 45.2 cm³/mol. The van der Waals surface area contributed by atoms with Crippen LogP contribution in [-0.4, -0.2) is 13.1 Å². The summed E-state index contributed by atoms with van der Waals surface area (Å²) in [7, 11) is 0. The maximum atomic E-state index is 3.23. The van der Waals surface area contributed by atoms with Crippen LogP contribution in [-0.2, 0) is 0 Å². The van der Waals surface area contributed by atoms with E-state index in [0.717, 1.165) is 19.5 Å². The fourth-order valence-electron chi connectivity index (χ4n) is 0.529. The molecule has 0 fully saturated rings. The van der Waals surface area contributed by atoms with Gasteiger partial charge in [-0.1, -0.05) is 19.1 Å². The van der Waals surface area contributed by atoms with Crippen molar-refractivity contribution in [2.24, 2.45) is 0 Å². The molecule has 0 aromatic rings. The molecule has 0 atom stereocenters. The average Bonchev–Trinajstić information content (AvgIpc) is 1.81. The minimum absolute atomic E-state index is 0. The smallest absolute Gasteiger partial charge is 0.00144 e. The van der Waals surface area contributed by atoms with Crippen molar-refractivity contribution in [3.05, 3.63) is 12.2 Å². The number of halogens is 1. The minimum atomic E-state index is 0. The van der Waals surface area contributed by atoms with Crippen molar-refractivity contribution in [1.82, 2.24) is 5.32 Å². The highest BCUT2D eigenvalue weighted by atomic mass is 35.5. The second-order valence-corrected chi connectivity index (χ2v) is 1.71. The molecule has 0 rings (SSSR count). The van der Waals surface area contributed by atoms with Gasteiger partial charge in [-0.2, -0.15) is 0 Å². The van der Waals surface area contributed by atoms with Crippen LogP contribution in [0.25, 0.3) is 0 Å². The Morgan fingerprint density at radius 3 is 2.56 bits per heavy atom. The molecular formula is C7H16ClN. The van der Waals surface area contributed by atoms with Crippen LogP contribution in [0.15, 0.2) is 12.2 Å². The van der Waals surface area contributed by atoms with Crippen LogP contribution in [0.4, 0.5) is 0 Å². The van der Waals surface area contributed by atoms with Crippen LogP contribution in [0.3, 0.4) is 0 Å². The van der Waals surface area contributed by atoms with Crippen LogP contribution in [0.2, 0.25) is 0 Å². The van der Waals surface area contributed by atoms with E-state index in [9.17, 15) is 0 Å². The summed E-state index contributed by atoms with van der Waals surface area (Å²) in [4.78, 5) is 0. The van der Waals surface area contributed by atoms with E-state index < -0.39 is 0 Å². The van der Waals surface area contributed by atoms with E-state index in [4.69, 9.17) is 0 Å². The van der Waals surface area contributed by atoms with Gasteiger partial charge in [0, 0.05) is 0 Å². The molecule has 1 N–H and O–H groups in total. The number of hydrogen-bond donors (Lipinski definition) is 1. The largest absolute Gasteiger partial charge is 0.317 e. The maximum absolute atomic E-state index is 3.23. The van der Waals surface area contributed by atoms with Gasteiger partial charge in [-0.05, 0) is 26.4 Å². The fraction of sp³-hybridized carbons (Fsp3) is 0.714. The molecule has 2 heteroatoms. The van der Waals surface area contributed by atoms with E-state index in [2.05, 4.69) is 24.4 Å². The van der Waals surface area contributed by atoms with E-state index in [0.29, 0.717) is 0 Å². The van der Waals surface area contributed by atoms with Crippen molar-refractivity contribution in [2.45, 2.75) is 20.3 Å². The number of allylic oxidation sites excluding steroid dienone is 1. The predicted octanol–water partition coefficient (Wildman–Crippen LogP) is 1.98. The zero-order valence-electron chi connectivity index (χ0n) is 6.18. The third kappa shape index (κ3) is 11.5. The summed E-state index contributed by atoms with van der Waals surface area (Å²) >= 11 is 0. The zero-order chi connectivity index (χ0) is 6.24. The topological polar surface area (TPSA) is 12.0 Å². The van der Waals surface area contributed by atoms with E-state index in [1.165, 1.54) is 0 Å². The lowest BCUT2D eigenvalue weighted by Gasteiger charge is -1.93. The number of rotatable bonds is 4. The summed E-state index contributed by atoms with van der Waals surface area (Å²) in [5.74, 6) is 0. The molecular weight excluding hydrogens is 134 g/mol. The van der Waals surface area contributed by atoms with Gasteiger partial charge in [0.05, 0.1) is 0 Å². The van der Waals surface area contributed by atoms with E-state index in [-0.39, 0.29) is 12.4 Å². The fourth-order valence-corrected chi connectivity index (χ4v) is 0.529. The first-order chi connectivity index (χ1) is 3.91. The SMILES string of the molecule is C/C=C/CCNCC.Cl. The summed E-state index contributed by atoms with van der Waals surface area (Å²) in [6.45, 7) is 6.36. The molecule has 1 nitrogen and oxygen atoms in total. The molecule has 0 aliphatic heterocycles. The van der Waals surface area contributed by atoms with E-state index in [1.807, 2.05) is 6.92 Å². The quantitative estimate of drug-likeness (QED) is 0.476. The van der Waals surface area contributed by atoms with Crippen LogP contribution >= 0.6 is 12.4 Å². The van der Waals surface area contributed by atoms with Gasteiger partial charge in [0.25, 0.3) is 0 Å². The summed E-state index contributed by atoms with van der Waals surface area (Å²) < 4.78 is 0. The molecule has 56 valence electrons. The Balaban J connectivity index is 0. The van der Waals surface area contributed by atoms with Gasteiger partial charge in [0.1, 0.15) is 0 Å². The average molecular weight is 150 g/mol. The molecule has 0 aliphatic rings. The molecule has 0 aromatic heterocycles. The Labute approximate surface area is 63.9 Å². The van der Waals surface area contributed by atoms with Gasteiger partial charge in [-0.15, -0.1) is 12.4 Å². The van der Waals surface area contributed by atoms with Crippen molar-refractivity contribution >= 4 is 12.4 Å². The molecule has 0 radical (unpaired) electrons. The van der Waals surface area contributed by atoms with Crippen molar-refractivity contribution in [3.63, 3.8) is 0 Å². The van der Waals surface area contributed by atoms with Gasteiger partial charge in [-0.25, -0.2) is 0 Å². The van der Waals surface area contributed by atoms with Crippen LogP contribution in [0.1, 0.15) is 20.3 Å². The Kier molecular flexibility index (Phi) is 14.2. The molecule has 0 unspecified atom stereocenters. The lowest BCUT2D eigenvalue weighted by atomic mass is 10.4. The number of nitrogens with one attached hydrogen (secondary N) is 1. The highest BCUT2D eigenvalue weighted by molar-refractivity contribution is 5.85. The zero-order valence-corrected chi connectivity index (χ0v) is 7.00. The highest BCUT2D eigenvalue weighted by Gasteiger charge is 1.75. The highest BCUT2D eigenvalue weighted by Crippen LogP contribution is 1.77. The van der Waals surface area contributed by atoms with Crippen molar-refractivity contribution < 1.29 is 0 Å². The monoisotopic (exact) mass is 149 g/mol. The first kappa shape index (κ1) is 11.7. The van der Waals surface area contributed by atoms with Gasteiger partial charge in [-0.3, -0.25) is 0 Å². The lowest BCUT2D eigenvalue weighted by molar-refractivity contribution is 0.726. The van der Waals surface area contributed by atoms with Crippen molar-refractivity contribution in [2.75, 3.05) is 13.1 Å². The molecule has 0 aromatic carbocycles. The normalized spacial score (nSPS) is 9.56. The molecule has 0 saturated carbocycles. The van der Waals surface area contributed by atoms with Gasteiger partial charge in [0.2, 0.25) is 0 Å². The minimum Gasteiger partial charge on any atom is -0.317 e. The molecule has 0 saturated heterocycles. The molecule has 0 spiro atoms. The molecule has 9 heavy (non-hydrogen) atoms. The summed E-state index contributed by atoms with van der Waals surface area (Å²) in [6.07, 6.45) is 5.41. The lowest BCUT2D eigenvalue weighted by Crippen LogP contribution is -2.12. The van der Waals surface area contributed by atoms with Gasteiger partial charge >= 0.3 is 0 Å². The number of hydrogen-bond acceptors (Lipinski definition) is 1. The second-order valence-electron chi connectivity index (χ2n) is 1.71. The Bertz CT molecular complexity index is 61.9. The maximum Gasteiger partial charge on any atom is -0.00144 e. The summed E-state index contributed by atoms with van der Waals surface area (Å²) in [6, 6.07) is 0. The van der Waals surface area contributed by atoms with Gasteiger partial charge in [0.15, 0.2) is 0 Å². The molecule has 0 amide bonds. The van der Waals surface area contributed by atoms with Crippen LogP contribution < -0.4 is 5.32 Å². The Hall–Kier alpha value is -0.0100. The Morgan fingerprint density at radius 2 is 2.11 bits per heavy atom. The standard InChI is InChI=1S/C7H15N.ClH/c1-3-5-6-7-8-4-2;/h3,5,8H,4,6-7H2,1-2H3;1H/b5-3+;. The third-order valence-electron chi connectivity index (χ3n) is 0.973. The van der Waals surface area contributed by atoms with Crippen molar-refractivity contribution in [3.8, 4) is 0 Å². The van der Waals surface area contributed by atoms with Gasteiger partial charge < -0.3 is 5.32 Å². The van der Waals surface area contributed by atoms with Crippen LogP contribution in [0.5, 0.6) is 0 Å².